The number of nitrogens with one attached hydrogen (secondary N) is 1. The van der Waals surface area contributed by atoms with Crippen molar-refractivity contribution in [3.05, 3.63) is 29.8 Å². The fourth-order valence-corrected chi connectivity index (χ4v) is 1.79. The van der Waals surface area contributed by atoms with Gasteiger partial charge in [0.1, 0.15) is 6.04 Å². The van der Waals surface area contributed by atoms with E-state index in [1.54, 1.807) is 12.1 Å². The maximum Gasteiger partial charge on any atom is 0.326 e. The Morgan fingerprint density at radius 1 is 1.32 bits per heavy atom. The number of carbonyl (C=O) groups is 2. The summed E-state index contributed by atoms with van der Waals surface area (Å²) >= 11 is 1.49. The number of rotatable bonds is 6. The van der Waals surface area contributed by atoms with E-state index >= 15 is 0 Å². The molecule has 0 aromatic heterocycles. The molecular formula is C12H13F2NO3S. The molecule has 0 heterocycles. The Morgan fingerprint density at radius 2 is 1.89 bits per heavy atom. The Morgan fingerprint density at radius 3 is 2.32 bits per heavy atom. The van der Waals surface area contributed by atoms with E-state index in [4.69, 9.17) is 5.11 Å². The van der Waals surface area contributed by atoms with E-state index in [-0.39, 0.29) is 5.56 Å². The maximum absolute atomic E-state index is 12.2. The van der Waals surface area contributed by atoms with Crippen molar-refractivity contribution in [2.75, 3.05) is 6.26 Å². The first kappa shape index (κ1) is 15.4. The minimum absolute atomic E-state index is 0.235. The Hall–Kier alpha value is -1.63. The lowest BCUT2D eigenvalue weighted by atomic mass is 10.1. The van der Waals surface area contributed by atoms with Crippen LogP contribution in [0.25, 0.3) is 0 Å². The largest absolute Gasteiger partial charge is 0.480 e. The van der Waals surface area contributed by atoms with Gasteiger partial charge >= 0.3 is 5.97 Å². The molecule has 0 aliphatic carbocycles. The van der Waals surface area contributed by atoms with Crippen molar-refractivity contribution >= 4 is 23.6 Å². The molecule has 0 saturated carbocycles. The number of carbonyl (C=O) groups excluding carboxylic acids is 1. The number of hydrogen-bond acceptors (Lipinski definition) is 3. The van der Waals surface area contributed by atoms with E-state index in [0.29, 0.717) is 0 Å². The number of benzene rings is 1. The van der Waals surface area contributed by atoms with Gasteiger partial charge in [0.05, 0.1) is 0 Å². The molecule has 0 radical (unpaired) electrons. The van der Waals surface area contributed by atoms with Gasteiger partial charge in [-0.1, -0.05) is 0 Å². The molecule has 2 N–H and O–H groups in total. The lowest BCUT2D eigenvalue weighted by Gasteiger charge is -2.14. The maximum atomic E-state index is 12.2. The van der Waals surface area contributed by atoms with Crippen molar-refractivity contribution in [1.29, 1.82) is 0 Å². The minimum atomic E-state index is -2.79. The van der Waals surface area contributed by atoms with Crippen LogP contribution in [-0.2, 0) is 4.79 Å². The van der Waals surface area contributed by atoms with Crippen LogP contribution in [0.2, 0.25) is 0 Å². The van der Waals surface area contributed by atoms with E-state index in [1.807, 2.05) is 6.26 Å². The van der Waals surface area contributed by atoms with E-state index < -0.39 is 30.8 Å². The third-order valence-electron chi connectivity index (χ3n) is 2.37. The molecule has 0 spiro atoms. The van der Waals surface area contributed by atoms with E-state index in [9.17, 15) is 18.4 Å². The summed E-state index contributed by atoms with van der Waals surface area (Å²) in [5.74, 6) is -2.16. The normalized spacial score (nSPS) is 12.2. The van der Waals surface area contributed by atoms with Gasteiger partial charge < -0.3 is 10.4 Å². The van der Waals surface area contributed by atoms with Crippen LogP contribution in [0.4, 0.5) is 8.78 Å². The fourth-order valence-electron chi connectivity index (χ4n) is 1.38. The molecule has 4 nitrogen and oxygen atoms in total. The third kappa shape index (κ3) is 4.86. The Balaban J connectivity index is 2.72. The monoisotopic (exact) mass is 289 g/mol. The molecule has 0 fully saturated rings. The van der Waals surface area contributed by atoms with Gasteiger partial charge in [-0.15, -0.1) is 11.8 Å². The molecule has 1 aromatic rings. The summed E-state index contributed by atoms with van der Waals surface area (Å²) in [6.07, 6.45) is -1.83. The summed E-state index contributed by atoms with van der Waals surface area (Å²) in [6, 6.07) is 4.84. The van der Waals surface area contributed by atoms with Gasteiger partial charge in [-0.3, -0.25) is 4.79 Å². The molecule has 1 unspecified atom stereocenters. The second kappa shape index (κ2) is 7.08. The van der Waals surface area contributed by atoms with Crippen molar-refractivity contribution < 1.29 is 23.5 Å². The molecule has 0 aliphatic heterocycles. The Kier molecular flexibility index (Phi) is 5.75. The quantitative estimate of drug-likeness (QED) is 0.788. The number of halogens is 2. The van der Waals surface area contributed by atoms with Gasteiger partial charge in [-0.2, -0.15) is 0 Å². The first-order valence-electron chi connectivity index (χ1n) is 5.40. The van der Waals surface area contributed by atoms with Crippen LogP contribution in [0, 0.1) is 0 Å². The smallest absolute Gasteiger partial charge is 0.326 e. The van der Waals surface area contributed by atoms with Gasteiger partial charge in [0.2, 0.25) is 6.43 Å². The van der Waals surface area contributed by atoms with Gasteiger partial charge in [0, 0.05) is 16.9 Å². The highest BCUT2D eigenvalue weighted by Crippen LogP contribution is 2.15. The number of carboxylic acids is 1. The molecule has 7 heteroatoms. The van der Waals surface area contributed by atoms with Gasteiger partial charge in [0.25, 0.3) is 5.91 Å². The van der Waals surface area contributed by atoms with Crippen LogP contribution in [0.5, 0.6) is 0 Å². The fraction of sp³-hybridized carbons (Fsp3) is 0.333. The lowest BCUT2D eigenvalue weighted by molar-refractivity contribution is -0.140. The highest BCUT2D eigenvalue weighted by molar-refractivity contribution is 7.98. The first-order valence-corrected chi connectivity index (χ1v) is 6.62. The van der Waals surface area contributed by atoms with E-state index in [1.165, 1.54) is 23.9 Å². The summed E-state index contributed by atoms with van der Waals surface area (Å²) < 4.78 is 24.4. The van der Waals surface area contributed by atoms with Gasteiger partial charge in [-0.05, 0) is 30.5 Å². The molecule has 0 saturated heterocycles. The minimum Gasteiger partial charge on any atom is -0.480 e. The van der Waals surface area contributed by atoms with Crippen LogP contribution in [0.1, 0.15) is 16.8 Å². The summed E-state index contributed by atoms with van der Waals surface area (Å²) in [7, 11) is 0. The number of thioether (sulfide) groups is 1. The Labute approximate surface area is 113 Å². The molecular weight excluding hydrogens is 276 g/mol. The number of amides is 1. The van der Waals surface area contributed by atoms with Crippen molar-refractivity contribution in [3.8, 4) is 0 Å². The standard InChI is InChI=1S/C12H13F2NO3S/c1-19-8-4-2-7(3-5-8)11(16)15-9(12(17)18)6-10(13)14/h2-5,9-10H,6H2,1H3,(H,15,16)(H,17,18). The number of carboxylic acid groups (broad SMARTS) is 1. The lowest BCUT2D eigenvalue weighted by Crippen LogP contribution is -2.42. The second-order valence-electron chi connectivity index (χ2n) is 3.72. The highest BCUT2D eigenvalue weighted by atomic mass is 32.2. The molecule has 19 heavy (non-hydrogen) atoms. The predicted molar refractivity (Wildman–Crippen MR) is 67.7 cm³/mol. The molecule has 0 aliphatic rings. The highest BCUT2D eigenvalue weighted by Gasteiger charge is 2.24. The van der Waals surface area contributed by atoms with Crippen LogP contribution in [-0.4, -0.2) is 35.7 Å². The van der Waals surface area contributed by atoms with Crippen molar-refractivity contribution in [1.82, 2.24) is 5.32 Å². The molecule has 0 bridgehead atoms. The zero-order valence-corrected chi connectivity index (χ0v) is 10.9. The van der Waals surface area contributed by atoms with Crippen molar-refractivity contribution in [2.24, 2.45) is 0 Å². The van der Waals surface area contributed by atoms with Crippen molar-refractivity contribution in [3.63, 3.8) is 0 Å². The topological polar surface area (TPSA) is 66.4 Å². The number of aliphatic carboxylic acids is 1. The van der Waals surface area contributed by atoms with Crippen LogP contribution in [0.15, 0.2) is 29.2 Å². The summed E-state index contributed by atoms with van der Waals surface area (Å²) in [4.78, 5) is 23.4. The van der Waals surface area contributed by atoms with Crippen molar-refractivity contribution in [2.45, 2.75) is 23.8 Å². The summed E-state index contributed by atoms with van der Waals surface area (Å²) in [5, 5.41) is 10.8. The van der Waals surface area contributed by atoms with Crippen LogP contribution in [0.3, 0.4) is 0 Å². The number of alkyl halides is 2. The molecule has 1 atom stereocenters. The number of hydrogen-bond donors (Lipinski definition) is 2. The van der Waals surface area contributed by atoms with Gasteiger partial charge in [-0.25, -0.2) is 13.6 Å². The van der Waals surface area contributed by atoms with E-state index in [2.05, 4.69) is 5.32 Å². The summed E-state index contributed by atoms with van der Waals surface area (Å²) in [6.45, 7) is 0. The van der Waals surface area contributed by atoms with Crippen LogP contribution >= 0.6 is 11.8 Å². The zero-order chi connectivity index (χ0) is 14.4. The molecule has 104 valence electrons. The third-order valence-corrected chi connectivity index (χ3v) is 3.11. The molecule has 1 rings (SSSR count). The summed E-state index contributed by atoms with van der Waals surface area (Å²) in [5.41, 5.74) is 0.235. The predicted octanol–water partition coefficient (Wildman–Crippen LogP) is 2.25. The van der Waals surface area contributed by atoms with Gasteiger partial charge in [0.15, 0.2) is 0 Å². The average Bonchev–Trinajstić information content (AvgIpc) is 2.37. The zero-order valence-electron chi connectivity index (χ0n) is 10.1. The SMILES string of the molecule is CSc1ccc(C(=O)NC(CC(F)F)C(=O)O)cc1. The molecule has 1 amide bonds. The van der Waals surface area contributed by atoms with E-state index in [0.717, 1.165) is 4.90 Å². The second-order valence-corrected chi connectivity index (χ2v) is 4.60. The Bertz CT molecular complexity index is 451. The first-order chi connectivity index (χ1) is 8.93. The molecule has 1 aromatic carbocycles. The van der Waals surface area contributed by atoms with Crippen LogP contribution < -0.4 is 5.32 Å². The average molecular weight is 289 g/mol.